The predicted octanol–water partition coefficient (Wildman–Crippen LogP) is 0.872. The molecule has 0 bridgehead atoms. The number of guanidine groups is 1. The summed E-state index contributed by atoms with van der Waals surface area (Å²) < 4.78 is 13.7. The number of hydrogen-bond acceptors (Lipinski definition) is 4. The fraction of sp³-hybridized carbons (Fsp3) is 0.750. The maximum atomic E-state index is 13.7. The molecule has 0 aromatic rings. The van der Waals surface area contributed by atoms with Crippen molar-refractivity contribution in [3.05, 3.63) is 0 Å². The Bertz CT molecular complexity index is 599. The van der Waals surface area contributed by atoms with Crippen LogP contribution >= 0.6 is 0 Å². The molecule has 4 rings (SSSR count). The molecule has 3 fully saturated rings. The van der Waals surface area contributed by atoms with Crippen molar-refractivity contribution < 1.29 is 14.0 Å². The summed E-state index contributed by atoms with van der Waals surface area (Å²) in [4.78, 5) is 35.9. The summed E-state index contributed by atoms with van der Waals surface area (Å²) >= 11 is 0. The molecule has 0 N–H and O–H groups in total. The first kappa shape index (κ1) is 14.8. The maximum Gasteiger partial charge on any atom is 0.289 e. The van der Waals surface area contributed by atoms with E-state index in [0.29, 0.717) is 30.1 Å². The van der Waals surface area contributed by atoms with Gasteiger partial charge in [-0.15, -0.1) is 0 Å². The number of carbonyl (C=O) groups is 2. The summed E-state index contributed by atoms with van der Waals surface area (Å²) in [5.41, 5.74) is 0.266. The fourth-order valence-corrected chi connectivity index (χ4v) is 3.83. The van der Waals surface area contributed by atoms with Crippen molar-refractivity contribution >= 4 is 23.5 Å². The molecule has 3 unspecified atom stereocenters. The van der Waals surface area contributed by atoms with Crippen LogP contribution in [-0.2, 0) is 9.59 Å². The van der Waals surface area contributed by atoms with Crippen LogP contribution in [0.15, 0.2) is 9.98 Å². The predicted molar refractivity (Wildman–Crippen MR) is 82.9 cm³/mol. The summed E-state index contributed by atoms with van der Waals surface area (Å²) in [7, 11) is 0. The van der Waals surface area contributed by atoms with E-state index >= 15 is 0 Å². The molecule has 3 aliphatic heterocycles. The Kier molecular flexibility index (Phi) is 3.46. The van der Waals surface area contributed by atoms with Crippen LogP contribution in [0.3, 0.4) is 0 Å². The first-order valence-electron chi connectivity index (χ1n) is 8.44. The highest BCUT2D eigenvalue weighted by molar-refractivity contribution is 6.17. The van der Waals surface area contributed by atoms with Gasteiger partial charge < -0.3 is 9.80 Å². The quantitative estimate of drug-likeness (QED) is 0.758. The molecule has 23 heavy (non-hydrogen) atoms. The number of carbonyl (C=O) groups excluding carboxylic acids is 2. The molecule has 3 heterocycles. The van der Waals surface area contributed by atoms with Crippen LogP contribution in [0.1, 0.15) is 26.2 Å². The number of amides is 2. The molecular formula is C16H21FN4O2. The summed E-state index contributed by atoms with van der Waals surface area (Å²) in [6.07, 6.45) is 0.803. The van der Waals surface area contributed by atoms with Crippen LogP contribution in [0.2, 0.25) is 0 Å². The maximum absolute atomic E-state index is 13.7. The molecule has 4 aliphatic rings. The smallest absolute Gasteiger partial charge is 0.289 e. The number of likely N-dealkylation sites (tertiary alicyclic amines) is 2. The van der Waals surface area contributed by atoms with E-state index in [1.54, 1.807) is 6.92 Å². The Morgan fingerprint density at radius 3 is 2.39 bits per heavy atom. The van der Waals surface area contributed by atoms with Gasteiger partial charge in [0.25, 0.3) is 5.91 Å². The third-order valence-electron chi connectivity index (χ3n) is 5.33. The third-order valence-corrected chi connectivity index (χ3v) is 5.33. The Balaban J connectivity index is 1.43. The number of hydrogen-bond donors (Lipinski definition) is 0. The van der Waals surface area contributed by atoms with Crippen molar-refractivity contribution in [2.24, 2.45) is 27.7 Å². The van der Waals surface area contributed by atoms with E-state index in [-0.39, 0.29) is 11.6 Å². The van der Waals surface area contributed by atoms with Crippen molar-refractivity contribution in [1.29, 1.82) is 0 Å². The lowest BCUT2D eigenvalue weighted by molar-refractivity contribution is -0.131. The molecule has 1 saturated carbocycles. The second-order valence-corrected chi connectivity index (χ2v) is 7.01. The molecule has 7 heteroatoms. The van der Waals surface area contributed by atoms with Crippen LogP contribution in [0, 0.1) is 17.8 Å². The van der Waals surface area contributed by atoms with Gasteiger partial charge >= 0.3 is 0 Å². The zero-order valence-electron chi connectivity index (χ0n) is 13.2. The monoisotopic (exact) mass is 320 g/mol. The number of fused-ring (bicyclic) bond motifs is 1. The number of aliphatic imine (C=N–C) groups is 2. The highest BCUT2D eigenvalue weighted by Gasteiger charge is 2.45. The second kappa shape index (κ2) is 5.39. The third kappa shape index (κ3) is 2.56. The van der Waals surface area contributed by atoms with Crippen molar-refractivity contribution in [3.63, 3.8) is 0 Å². The van der Waals surface area contributed by atoms with Gasteiger partial charge in [0.2, 0.25) is 18.0 Å². The van der Waals surface area contributed by atoms with E-state index in [1.807, 2.05) is 9.80 Å². The zero-order valence-corrected chi connectivity index (χ0v) is 13.2. The minimum absolute atomic E-state index is 0.266. The summed E-state index contributed by atoms with van der Waals surface area (Å²) in [5.74, 6) is 0.994. The Hall–Kier alpha value is -1.79. The molecule has 3 atom stereocenters. The van der Waals surface area contributed by atoms with Gasteiger partial charge in [-0.05, 0) is 19.3 Å². The second-order valence-electron chi connectivity index (χ2n) is 7.01. The SMILES string of the molecule is CCC1=NC(N2CC3CN(C(=O)C4CC4)CC3C2)=NC(=O)C1F. The van der Waals surface area contributed by atoms with Gasteiger partial charge in [0, 0.05) is 43.9 Å². The number of halogens is 1. The van der Waals surface area contributed by atoms with Crippen molar-refractivity contribution in [3.8, 4) is 0 Å². The molecule has 124 valence electrons. The van der Waals surface area contributed by atoms with Gasteiger partial charge in [-0.1, -0.05) is 6.92 Å². The van der Waals surface area contributed by atoms with Gasteiger partial charge in [-0.2, -0.15) is 4.99 Å². The highest BCUT2D eigenvalue weighted by atomic mass is 19.1. The minimum atomic E-state index is -1.68. The summed E-state index contributed by atoms with van der Waals surface area (Å²) in [5, 5.41) is 0. The van der Waals surface area contributed by atoms with Crippen LogP contribution in [-0.4, -0.2) is 65.6 Å². The van der Waals surface area contributed by atoms with Gasteiger partial charge in [0.05, 0.1) is 5.71 Å². The fourth-order valence-electron chi connectivity index (χ4n) is 3.83. The Morgan fingerprint density at radius 2 is 1.83 bits per heavy atom. The largest absolute Gasteiger partial charge is 0.342 e. The van der Waals surface area contributed by atoms with Crippen LogP contribution in [0.5, 0.6) is 0 Å². The topological polar surface area (TPSA) is 65.3 Å². The highest BCUT2D eigenvalue weighted by Crippen LogP contribution is 2.37. The number of rotatable bonds is 2. The van der Waals surface area contributed by atoms with Crippen LogP contribution in [0.4, 0.5) is 4.39 Å². The van der Waals surface area contributed by atoms with Gasteiger partial charge in [0.15, 0.2) is 0 Å². The number of alkyl halides is 1. The standard InChI is InChI=1S/C16H21FN4O2/c1-2-12-13(17)14(22)19-16(18-12)21-7-10-5-20(6-11(10)8-21)15(23)9-3-4-9/h9-11,13H,2-8H2,1H3. The Morgan fingerprint density at radius 1 is 1.17 bits per heavy atom. The molecular weight excluding hydrogens is 299 g/mol. The van der Waals surface area contributed by atoms with E-state index in [4.69, 9.17) is 0 Å². The van der Waals surface area contributed by atoms with E-state index in [2.05, 4.69) is 9.98 Å². The molecule has 0 aromatic heterocycles. The summed E-state index contributed by atoms with van der Waals surface area (Å²) in [6.45, 7) is 4.84. The van der Waals surface area contributed by atoms with E-state index in [1.165, 1.54) is 0 Å². The van der Waals surface area contributed by atoms with Crippen molar-refractivity contribution in [1.82, 2.24) is 9.80 Å². The van der Waals surface area contributed by atoms with E-state index < -0.39 is 12.1 Å². The zero-order chi connectivity index (χ0) is 16.1. The number of nitrogens with zero attached hydrogens (tertiary/aromatic N) is 4. The van der Waals surface area contributed by atoms with Crippen molar-refractivity contribution in [2.45, 2.75) is 32.4 Å². The van der Waals surface area contributed by atoms with Gasteiger partial charge in [-0.3, -0.25) is 9.59 Å². The lowest BCUT2D eigenvalue weighted by Gasteiger charge is -2.24. The molecule has 2 amide bonds. The first-order valence-corrected chi connectivity index (χ1v) is 8.44. The van der Waals surface area contributed by atoms with Crippen molar-refractivity contribution in [2.75, 3.05) is 26.2 Å². The van der Waals surface area contributed by atoms with Gasteiger partial charge in [0.1, 0.15) is 0 Å². The van der Waals surface area contributed by atoms with E-state index in [9.17, 15) is 14.0 Å². The van der Waals surface area contributed by atoms with Crippen LogP contribution in [0.25, 0.3) is 0 Å². The first-order chi connectivity index (χ1) is 11.1. The minimum Gasteiger partial charge on any atom is -0.342 e. The lowest BCUT2D eigenvalue weighted by Crippen LogP contribution is -2.39. The molecule has 0 radical (unpaired) electrons. The molecule has 0 spiro atoms. The Labute approximate surface area is 134 Å². The molecule has 1 aliphatic carbocycles. The lowest BCUT2D eigenvalue weighted by atomic mass is 10.0. The average Bonchev–Trinajstić information content (AvgIpc) is 3.19. The average molecular weight is 320 g/mol. The van der Waals surface area contributed by atoms with E-state index in [0.717, 1.165) is 39.0 Å². The van der Waals surface area contributed by atoms with Gasteiger partial charge in [-0.25, -0.2) is 9.38 Å². The summed E-state index contributed by atoms with van der Waals surface area (Å²) in [6, 6.07) is 0. The molecule has 0 aromatic carbocycles. The normalized spacial score (nSPS) is 33.7. The molecule has 2 saturated heterocycles. The van der Waals surface area contributed by atoms with Crippen LogP contribution < -0.4 is 0 Å². The molecule has 6 nitrogen and oxygen atoms in total.